The fourth-order valence-electron chi connectivity index (χ4n) is 14.1. The van der Waals surface area contributed by atoms with E-state index in [9.17, 15) is 121 Å². The molecule has 0 spiro atoms. The number of amides is 17. The Morgan fingerprint density at radius 1 is 0.455 bits per heavy atom. The number of fused-ring (bicyclic) bond motifs is 1. The summed E-state index contributed by atoms with van der Waals surface area (Å²) in [6.07, 6.45) is -4.24. The number of guanidine groups is 1. The molecule has 0 radical (unpaired) electrons. The van der Waals surface area contributed by atoms with Crippen molar-refractivity contribution in [2.45, 2.75) is 236 Å². The van der Waals surface area contributed by atoms with Gasteiger partial charge in [-0.2, -0.15) is 0 Å². The second-order valence-electron chi connectivity index (χ2n) is 32.8. The van der Waals surface area contributed by atoms with E-state index in [4.69, 9.17) is 33.5 Å². The minimum Gasteiger partial charge on any atom is -0.508 e. The molecule has 17 amide bonds. The molecule has 1 saturated heterocycles. The van der Waals surface area contributed by atoms with Crippen LogP contribution >= 0.6 is 0 Å². The molecule has 732 valence electrons. The van der Waals surface area contributed by atoms with Crippen LogP contribution in [-0.4, -0.2) is 276 Å². The number of hydrogen-bond acceptors (Lipinski definition) is 24. The summed E-state index contributed by atoms with van der Waals surface area (Å²) in [5.74, 6) is -26.7. The third-order valence-electron chi connectivity index (χ3n) is 21.9. The highest BCUT2D eigenvalue weighted by Crippen LogP contribution is 2.23. The van der Waals surface area contributed by atoms with Crippen LogP contribution in [0.25, 0.3) is 10.9 Å². The van der Waals surface area contributed by atoms with Crippen LogP contribution in [0, 0.1) is 23.2 Å². The summed E-state index contributed by atoms with van der Waals surface area (Å²) in [7, 11) is 0. The number of para-hydroxylation sites is 1. The zero-order valence-electron chi connectivity index (χ0n) is 75.1. The lowest BCUT2D eigenvalue weighted by atomic mass is 9.94. The summed E-state index contributed by atoms with van der Waals surface area (Å²) in [6.45, 7) is 9.11. The number of nitrogens with zero attached hydrogens (tertiary/aromatic N) is 1. The number of aromatic amines is 1. The van der Waals surface area contributed by atoms with Crippen molar-refractivity contribution in [1.82, 2.24) is 89.6 Å². The molecule has 0 unspecified atom stereocenters. The van der Waals surface area contributed by atoms with Crippen LogP contribution in [0.4, 0.5) is 0 Å². The third kappa shape index (κ3) is 36.4. The molecule has 1 aromatic heterocycles. The first-order chi connectivity index (χ1) is 63.2. The number of nitrogens with one attached hydrogen (secondary N) is 17. The van der Waals surface area contributed by atoms with Gasteiger partial charge in [-0.05, 0) is 98.1 Å². The third-order valence-corrected chi connectivity index (χ3v) is 21.9. The number of aromatic hydroxyl groups is 1. The summed E-state index contributed by atoms with van der Waals surface area (Å²) in [4.78, 5) is 289. The van der Waals surface area contributed by atoms with E-state index < -0.39 is 297 Å². The number of benzene rings is 3. The van der Waals surface area contributed by atoms with Crippen molar-refractivity contribution in [1.29, 1.82) is 5.41 Å². The number of phenols is 1. The molecular weight excluding hydrogens is 1760 g/mol. The second-order valence-corrected chi connectivity index (χ2v) is 32.8. The Balaban J connectivity index is 1.28. The number of carbonyl (C=O) groups is 21. The van der Waals surface area contributed by atoms with E-state index in [2.05, 4.69) is 84.7 Å². The van der Waals surface area contributed by atoms with Crippen LogP contribution in [0.5, 0.6) is 5.75 Å². The first-order valence-electron chi connectivity index (χ1n) is 43.3. The monoisotopic (exact) mass is 1880 g/mol. The van der Waals surface area contributed by atoms with Crippen molar-refractivity contribution >= 4 is 141 Å². The van der Waals surface area contributed by atoms with Gasteiger partial charge < -0.3 is 138 Å². The molecule has 134 heavy (non-hydrogen) atoms. The van der Waals surface area contributed by atoms with Crippen molar-refractivity contribution < 1.29 is 126 Å². The molecule has 0 saturated carbocycles. The molecule has 2 heterocycles. The Morgan fingerprint density at radius 2 is 0.888 bits per heavy atom. The highest BCUT2D eigenvalue weighted by molar-refractivity contribution is 6.02. The Labute approximate surface area is 769 Å². The average molecular weight is 1880 g/mol. The summed E-state index contributed by atoms with van der Waals surface area (Å²) in [5.41, 5.74) is 23.7. The number of carbonyl (C=O) groups excluding carboxylic acids is 17. The van der Waals surface area contributed by atoms with Crippen molar-refractivity contribution in [3.63, 3.8) is 0 Å². The fourth-order valence-corrected chi connectivity index (χ4v) is 14.1. The van der Waals surface area contributed by atoms with Crippen LogP contribution in [-0.2, 0) is 120 Å². The van der Waals surface area contributed by atoms with Gasteiger partial charge in [0, 0.05) is 62.3 Å². The molecule has 1 aliphatic heterocycles. The first kappa shape index (κ1) is 110. The summed E-state index contributed by atoms with van der Waals surface area (Å²) in [6, 6.07) is -2.74. The van der Waals surface area contributed by atoms with Gasteiger partial charge in [0.15, 0.2) is 5.96 Å². The Kier molecular flexibility index (Phi) is 44.2. The molecule has 48 nitrogen and oxygen atoms in total. The smallest absolute Gasteiger partial charge is 0.326 e. The second kappa shape index (κ2) is 54.0. The number of H-pyrrole nitrogens is 1. The number of primary amides is 2. The number of carboxylic acids is 4. The lowest BCUT2D eigenvalue weighted by Crippen LogP contribution is -2.62. The van der Waals surface area contributed by atoms with Gasteiger partial charge in [-0.15, -0.1) is 0 Å². The van der Waals surface area contributed by atoms with E-state index in [-0.39, 0.29) is 70.2 Å². The predicted molar refractivity (Wildman–Crippen MR) is 476 cm³/mol. The van der Waals surface area contributed by atoms with E-state index >= 15 is 0 Å². The van der Waals surface area contributed by atoms with Crippen LogP contribution in [0.2, 0.25) is 0 Å². The number of hydrogen-bond donors (Lipinski definition) is 26. The summed E-state index contributed by atoms with van der Waals surface area (Å²) < 4.78 is 0. The van der Waals surface area contributed by atoms with Gasteiger partial charge in [0.05, 0.1) is 38.4 Å². The number of phenolic OH excluding ortho intramolecular Hbond substituents is 1. The quantitative estimate of drug-likeness (QED) is 0.0111. The van der Waals surface area contributed by atoms with E-state index in [0.717, 1.165) is 4.90 Å². The van der Waals surface area contributed by atoms with Crippen LogP contribution in [0.15, 0.2) is 85.1 Å². The molecule has 1 aliphatic rings. The fraction of sp³-hybridized carbons (Fsp3) is 0.512. The van der Waals surface area contributed by atoms with Gasteiger partial charge in [0.25, 0.3) is 0 Å². The number of aromatic nitrogens is 1. The minimum absolute atomic E-state index is 0.00949. The van der Waals surface area contributed by atoms with Crippen molar-refractivity contribution in [3.05, 3.63) is 102 Å². The number of rotatable bonds is 57. The largest absolute Gasteiger partial charge is 0.508 e. The zero-order chi connectivity index (χ0) is 99.9. The normalized spacial score (nSPS) is 15.6. The molecule has 3 aromatic carbocycles. The average Bonchev–Trinajstić information content (AvgIpc) is 1.65. The molecule has 1 fully saturated rings. The van der Waals surface area contributed by atoms with Gasteiger partial charge in [-0.1, -0.05) is 115 Å². The molecule has 0 bridgehead atoms. The maximum absolute atomic E-state index is 14.8. The van der Waals surface area contributed by atoms with Crippen molar-refractivity contribution in [2.24, 2.45) is 40.7 Å². The molecule has 4 aromatic rings. The van der Waals surface area contributed by atoms with Gasteiger partial charge in [0.1, 0.15) is 84.3 Å². The van der Waals surface area contributed by atoms with Gasteiger partial charge in [0.2, 0.25) is 100 Å². The maximum atomic E-state index is 14.8. The molecule has 16 atom stereocenters. The predicted octanol–water partition coefficient (Wildman–Crippen LogP) is -5.66. The maximum Gasteiger partial charge on any atom is 0.326 e. The van der Waals surface area contributed by atoms with Crippen molar-refractivity contribution in [2.75, 3.05) is 26.2 Å². The lowest BCUT2D eigenvalue weighted by Gasteiger charge is -2.31. The van der Waals surface area contributed by atoms with E-state index in [1.165, 1.54) is 58.2 Å². The van der Waals surface area contributed by atoms with E-state index in [1.807, 2.05) is 0 Å². The highest BCUT2D eigenvalue weighted by Gasteiger charge is 2.42. The topological polar surface area (TPSA) is 787 Å². The first-order valence-corrected chi connectivity index (χ1v) is 43.3. The lowest BCUT2D eigenvalue weighted by molar-refractivity contribution is -0.144. The molecule has 48 heteroatoms. The van der Waals surface area contributed by atoms with Crippen LogP contribution < -0.4 is 103 Å². The van der Waals surface area contributed by atoms with Crippen LogP contribution in [0.3, 0.4) is 0 Å². The van der Waals surface area contributed by atoms with E-state index in [0.29, 0.717) is 27.6 Å². The molecule has 30 N–H and O–H groups in total. The minimum atomic E-state index is -2.03. The van der Waals surface area contributed by atoms with Crippen LogP contribution in [0.1, 0.15) is 149 Å². The number of nitrogens with two attached hydrogens (primary N) is 4. The Hall–Kier alpha value is -14.9. The Bertz CT molecular complexity index is 4880. The number of aliphatic carboxylic acids is 4. The number of likely N-dealkylation sites (tertiary alicyclic amines) is 1. The summed E-state index contributed by atoms with van der Waals surface area (Å²) >= 11 is 0. The molecule has 5 rings (SSSR count). The SMILES string of the molecule is CC[C@H](C)[C@H](NC(=O)[C@H](CC(=O)O)NC(=O)[C@H](CCC(N)=O)NC(=O)[C@H](Cc1c[nH]c2ccccc12)NC(=O)CNC(=O)[C@@H](N)CC(=O)O)C(=O)N[C@H](C(=O)N[C@H](C(=O)NCC(=O)N[C@@H](C)C(=O)N1CCC[C@H]1C(=O)N[C@@H](CCC(N)=O)C(=O)N[C@@H](Cc1ccc(O)cc1)C(=O)N[C@@H](Cc1ccccc1)C(=O)N[C@@H](CC(=O)O)C(=O)N[C@@H](CCCNC(=N)N)C(=O)O)[C@@H](C)CC)C(C)C. The Morgan fingerprint density at radius 3 is 1.40 bits per heavy atom. The van der Waals surface area contributed by atoms with Gasteiger partial charge in [-0.3, -0.25) is 101 Å². The van der Waals surface area contributed by atoms with E-state index in [1.54, 1.807) is 75.4 Å². The zero-order valence-corrected chi connectivity index (χ0v) is 75.1. The molecule has 0 aliphatic carbocycles. The molecular formula is C86H122N22O26. The highest BCUT2D eigenvalue weighted by atomic mass is 16.4. The van der Waals surface area contributed by atoms with Gasteiger partial charge in [-0.25, -0.2) is 4.79 Å². The standard InChI is InChI=1S/C86H122N22O26/c1-8-43(5)70(107-82(130)69(42(3)4)105-83(131)71(44(6)9-2)106-79(127)60(38-68(118)119)103-73(121)53(27-29-62(88)110)98-77(125)58(35-48-39-93-52-20-14-13-19-50(48)52)97-65(113)41-94-72(120)51(87)36-66(114)115)81(129)95-40-64(112)96-45(7)84(132)108-32-16-22-61(108)80(128)99-54(28-30-63(89)111)74(122)101-57(34-47-23-25-49(109)26-24-47)75(123)102-56(33-46-17-11-10-12-18-46)76(124)104-59(37-67(116)117)78(126)100-55(85(133)134)21-15-31-92-86(90)91/h10-14,17-20,23-26,39,42-45,51,53-61,69-71,93,109H,8-9,15-16,21-22,27-38,40-41,87H2,1-7H3,(H2,88,110)(H2,89,111)(H,94,120)(H,95,129)(H,96,112)(H,97,113)(H,98,125)(H,99,128)(H,100,126)(H,101,122)(H,102,123)(H,103,121)(H,104,124)(H,105,131)(H,106,127)(H,107,130)(H,114,115)(H,116,117)(H,118,119)(H,133,134)(H4,90,91,92)/t43-,44-,45-,51-,53-,54-,55-,56-,57-,58-,59-,60-,61-,69-,70-,71-/m0/s1. The number of carboxylic acid groups (broad SMARTS) is 4. The van der Waals surface area contributed by atoms with Crippen molar-refractivity contribution in [3.8, 4) is 5.75 Å². The van der Waals surface area contributed by atoms with Gasteiger partial charge >= 0.3 is 23.9 Å². The summed E-state index contributed by atoms with van der Waals surface area (Å²) in [5, 5.41) is 93.5.